The average molecular weight is 655 g/mol. The Labute approximate surface area is 278 Å². The van der Waals surface area contributed by atoms with Crippen LogP contribution in [-0.4, -0.2) is 65.5 Å². The van der Waals surface area contributed by atoms with Crippen LogP contribution in [0.25, 0.3) is 6.08 Å². The topological polar surface area (TPSA) is 66.0 Å². The second kappa shape index (κ2) is 14.9. The summed E-state index contributed by atoms with van der Waals surface area (Å²) in [6.07, 6.45) is -0.0854. The highest BCUT2D eigenvalue weighted by molar-refractivity contribution is 5.95. The van der Waals surface area contributed by atoms with Gasteiger partial charge in [0, 0.05) is 57.1 Å². The lowest BCUT2D eigenvalue weighted by Gasteiger charge is -2.37. The zero-order valence-corrected chi connectivity index (χ0v) is 26.5. The number of carbonyl (C=O) groups is 2. The molecule has 1 fully saturated rings. The van der Waals surface area contributed by atoms with Gasteiger partial charge in [0.2, 0.25) is 11.8 Å². The zero-order chi connectivity index (χ0) is 33.5. The number of amides is 2. The quantitative estimate of drug-likeness (QED) is 0.202. The first-order chi connectivity index (χ1) is 23.2. The SMILES string of the molecule is O=C(C(Cc1ccccc1)N(Cc1ccc(N2CCOCC2)cc1)C(=O)C=Cc1ccc(C(F)(F)F)cn1)N1CCc2ccccc2C1. The molecule has 0 N–H and O–H groups in total. The number of ether oxygens (including phenoxy) is 1. The highest BCUT2D eigenvalue weighted by Crippen LogP contribution is 2.29. The summed E-state index contributed by atoms with van der Waals surface area (Å²) < 4.78 is 44.8. The molecule has 0 bridgehead atoms. The molecule has 48 heavy (non-hydrogen) atoms. The summed E-state index contributed by atoms with van der Waals surface area (Å²) in [5.74, 6) is -0.603. The third-order valence-electron chi connectivity index (χ3n) is 8.83. The molecule has 248 valence electrons. The van der Waals surface area contributed by atoms with E-state index in [0.29, 0.717) is 32.7 Å². The molecular formula is C38H37F3N4O3. The number of pyridine rings is 1. The lowest BCUT2D eigenvalue weighted by molar-refractivity contribution is -0.144. The Morgan fingerprint density at radius 3 is 2.25 bits per heavy atom. The summed E-state index contributed by atoms with van der Waals surface area (Å²) in [7, 11) is 0. The molecule has 1 atom stereocenters. The fourth-order valence-electron chi connectivity index (χ4n) is 6.16. The highest BCUT2D eigenvalue weighted by atomic mass is 19.4. The molecule has 3 heterocycles. The van der Waals surface area contributed by atoms with Crippen LogP contribution in [0, 0.1) is 0 Å². The van der Waals surface area contributed by atoms with E-state index in [1.807, 2.05) is 77.7 Å². The molecule has 1 aromatic heterocycles. The van der Waals surface area contributed by atoms with Crippen molar-refractivity contribution in [2.24, 2.45) is 0 Å². The number of halogens is 3. The normalized spacial score (nSPS) is 15.6. The van der Waals surface area contributed by atoms with Gasteiger partial charge in [-0.2, -0.15) is 13.2 Å². The Kier molecular flexibility index (Phi) is 10.2. The van der Waals surface area contributed by atoms with Crippen LogP contribution in [-0.2, 0) is 46.4 Å². The van der Waals surface area contributed by atoms with Crippen molar-refractivity contribution in [2.75, 3.05) is 37.7 Å². The predicted octanol–water partition coefficient (Wildman–Crippen LogP) is 6.18. The van der Waals surface area contributed by atoms with Crippen LogP contribution in [0.15, 0.2) is 103 Å². The monoisotopic (exact) mass is 654 g/mol. The fourth-order valence-corrected chi connectivity index (χ4v) is 6.16. The number of morpholine rings is 1. The summed E-state index contributed by atoms with van der Waals surface area (Å²) in [6.45, 7) is 4.03. The number of carbonyl (C=O) groups excluding carboxylic acids is 2. The summed E-state index contributed by atoms with van der Waals surface area (Å²) >= 11 is 0. The van der Waals surface area contributed by atoms with Gasteiger partial charge in [-0.05, 0) is 59.0 Å². The largest absolute Gasteiger partial charge is 0.417 e. The number of nitrogens with zero attached hydrogens (tertiary/aromatic N) is 4. The van der Waals surface area contributed by atoms with Gasteiger partial charge in [0.05, 0.1) is 24.5 Å². The predicted molar refractivity (Wildman–Crippen MR) is 178 cm³/mol. The Hall–Kier alpha value is -4.96. The maximum atomic E-state index is 14.5. The van der Waals surface area contributed by atoms with Gasteiger partial charge in [-0.1, -0.05) is 66.7 Å². The molecule has 3 aromatic carbocycles. The molecule has 0 spiro atoms. The highest BCUT2D eigenvalue weighted by Gasteiger charge is 2.34. The van der Waals surface area contributed by atoms with E-state index in [4.69, 9.17) is 4.74 Å². The molecule has 10 heteroatoms. The minimum atomic E-state index is -4.51. The number of hydrogen-bond donors (Lipinski definition) is 0. The second-order valence-electron chi connectivity index (χ2n) is 12.0. The van der Waals surface area contributed by atoms with Crippen LogP contribution in [0.3, 0.4) is 0 Å². The lowest BCUT2D eigenvalue weighted by atomic mass is 9.97. The first-order valence-electron chi connectivity index (χ1n) is 16.1. The molecule has 0 aliphatic carbocycles. The smallest absolute Gasteiger partial charge is 0.378 e. The van der Waals surface area contributed by atoms with Crippen molar-refractivity contribution in [1.82, 2.24) is 14.8 Å². The number of fused-ring (bicyclic) bond motifs is 1. The maximum Gasteiger partial charge on any atom is 0.417 e. The van der Waals surface area contributed by atoms with Gasteiger partial charge in [0.1, 0.15) is 6.04 Å². The van der Waals surface area contributed by atoms with Gasteiger partial charge < -0.3 is 19.4 Å². The Balaban J connectivity index is 1.32. The van der Waals surface area contributed by atoms with E-state index in [9.17, 15) is 22.8 Å². The first kappa shape index (κ1) is 33.0. The molecule has 6 rings (SSSR count). The van der Waals surface area contributed by atoms with Crippen LogP contribution in [0.4, 0.5) is 18.9 Å². The number of alkyl halides is 3. The van der Waals surface area contributed by atoms with Crippen LogP contribution in [0.5, 0.6) is 0 Å². The van der Waals surface area contributed by atoms with Gasteiger partial charge in [-0.3, -0.25) is 14.6 Å². The summed E-state index contributed by atoms with van der Waals surface area (Å²) in [6, 6.07) is 26.9. The Bertz CT molecular complexity index is 1720. The van der Waals surface area contributed by atoms with Crippen molar-refractivity contribution >= 4 is 23.6 Å². The fraction of sp³-hybridized carbons (Fsp3) is 0.289. The van der Waals surface area contributed by atoms with Crippen molar-refractivity contribution in [3.8, 4) is 0 Å². The van der Waals surface area contributed by atoms with Crippen molar-refractivity contribution in [3.05, 3.63) is 137 Å². The Morgan fingerprint density at radius 1 is 0.854 bits per heavy atom. The van der Waals surface area contributed by atoms with E-state index in [0.717, 1.165) is 54.2 Å². The van der Waals surface area contributed by atoms with Gasteiger partial charge in [-0.15, -0.1) is 0 Å². The molecule has 1 saturated heterocycles. The van der Waals surface area contributed by atoms with Gasteiger partial charge >= 0.3 is 6.18 Å². The van der Waals surface area contributed by atoms with E-state index in [2.05, 4.69) is 16.0 Å². The van der Waals surface area contributed by atoms with E-state index >= 15 is 0 Å². The molecule has 2 aliphatic rings. The van der Waals surface area contributed by atoms with Crippen molar-refractivity contribution < 1.29 is 27.5 Å². The molecule has 1 unspecified atom stereocenters. The van der Waals surface area contributed by atoms with Crippen LogP contribution in [0.1, 0.15) is 33.5 Å². The third-order valence-corrected chi connectivity index (χ3v) is 8.83. The van der Waals surface area contributed by atoms with Crippen LogP contribution >= 0.6 is 0 Å². The second-order valence-corrected chi connectivity index (χ2v) is 12.0. The van der Waals surface area contributed by atoms with Crippen molar-refractivity contribution in [3.63, 3.8) is 0 Å². The first-order valence-corrected chi connectivity index (χ1v) is 16.1. The average Bonchev–Trinajstić information content (AvgIpc) is 3.12. The van der Waals surface area contributed by atoms with E-state index in [1.165, 1.54) is 23.8 Å². The summed E-state index contributed by atoms with van der Waals surface area (Å²) in [5.41, 5.74) is 4.42. The molecule has 7 nitrogen and oxygen atoms in total. The molecule has 0 radical (unpaired) electrons. The molecule has 2 amide bonds. The molecule has 2 aliphatic heterocycles. The standard InChI is InChI=1S/C38H37F3N4O3/c39-38(40,41)32-12-13-33(42-25-32)14-17-36(46)45(26-29-10-15-34(16-11-29)43-20-22-48-23-21-43)35(24-28-6-2-1-3-7-28)37(47)44-19-18-30-8-4-5-9-31(30)27-44/h1-17,25,35H,18-24,26-27H2. The van der Waals surface area contributed by atoms with E-state index in [1.54, 1.807) is 4.90 Å². The minimum absolute atomic E-state index is 0.153. The van der Waals surface area contributed by atoms with E-state index in [-0.39, 0.29) is 18.1 Å². The molecule has 0 saturated carbocycles. The Morgan fingerprint density at radius 2 is 1.56 bits per heavy atom. The van der Waals surface area contributed by atoms with Crippen molar-refractivity contribution in [2.45, 2.75) is 38.1 Å². The van der Waals surface area contributed by atoms with Crippen LogP contribution < -0.4 is 4.90 Å². The lowest BCUT2D eigenvalue weighted by Crippen LogP contribution is -2.52. The number of benzene rings is 3. The minimum Gasteiger partial charge on any atom is -0.378 e. The number of aromatic nitrogens is 1. The molecular weight excluding hydrogens is 617 g/mol. The van der Waals surface area contributed by atoms with Gasteiger partial charge in [0.15, 0.2) is 0 Å². The van der Waals surface area contributed by atoms with Gasteiger partial charge in [-0.25, -0.2) is 0 Å². The molecule has 4 aromatic rings. The maximum absolute atomic E-state index is 14.5. The number of rotatable bonds is 9. The summed E-state index contributed by atoms with van der Waals surface area (Å²) in [5, 5.41) is 0. The van der Waals surface area contributed by atoms with Gasteiger partial charge in [0.25, 0.3) is 0 Å². The third kappa shape index (κ3) is 8.12. The van der Waals surface area contributed by atoms with Crippen LogP contribution in [0.2, 0.25) is 0 Å². The number of anilines is 1. The van der Waals surface area contributed by atoms with Crippen molar-refractivity contribution in [1.29, 1.82) is 0 Å². The van der Waals surface area contributed by atoms with E-state index < -0.39 is 23.7 Å². The summed E-state index contributed by atoms with van der Waals surface area (Å²) in [4.78, 5) is 38.1. The zero-order valence-electron chi connectivity index (χ0n) is 26.5. The number of hydrogen-bond acceptors (Lipinski definition) is 5.